The Morgan fingerprint density at radius 1 is 0.955 bits per heavy atom. The molecule has 0 spiro atoms. The molecule has 0 amide bonds. The Bertz CT molecular complexity index is 644. The van der Waals surface area contributed by atoms with E-state index in [1.165, 1.54) is 50.1 Å². The minimum atomic E-state index is 0.774. The molecule has 3 heteroatoms. The normalized spacial score (nSPS) is 13.8. The van der Waals surface area contributed by atoms with Crippen LogP contribution in [0.3, 0.4) is 0 Å². The fraction of sp³-hybridized carbons (Fsp3) is 0.263. The van der Waals surface area contributed by atoms with E-state index in [-0.39, 0.29) is 0 Å². The first-order valence-electron chi connectivity index (χ1n) is 7.72. The van der Waals surface area contributed by atoms with Gasteiger partial charge >= 0.3 is 0 Å². The number of rotatable bonds is 5. The molecule has 2 aromatic carbocycles. The molecule has 0 bridgehead atoms. The van der Waals surface area contributed by atoms with Gasteiger partial charge in [0.2, 0.25) is 0 Å². The van der Waals surface area contributed by atoms with Crippen LogP contribution in [-0.4, -0.2) is 12.0 Å². The van der Waals surface area contributed by atoms with E-state index in [2.05, 4.69) is 61.7 Å². The van der Waals surface area contributed by atoms with Crippen molar-refractivity contribution in [2.45, 2.75) is 19.8 Å². The molecule has 0 atom stereocenters. The summed E-state index contributed by atoms with van der Waals surface area (Å²) in [7, 11) is 0.774. The Balaban J connectivity index is 2.12. The van der Waals surface area contributed by atoms with E-state index in [1.807, 2.05) is 23.5 Å². The van der Waals surface area contributed by atoms with E-state index in [1.54, 1.807) is 0 Å². The van der Waals surface area contributed by atoms with Crippen LogP contribution in [0.4, 0.5) is 0 Å². The van der Waals surface area contributed by atoms with Crippen LogP contribution in [0.25, 0.3) is 5.57 Å². The van der Waals surface area contributed by atoms with Crippen LogP contribution in [0.5, 0.6) is 0 Å². The number of benzene rings is 2. The zero-order valence-corrected chi connectivity index (χ0v) is 15.7. The maximum Gasteiger partial charge on any atom is 0.0483 e. The zero-order chi connectivity index (χ0) is 15.4. The summed E-state index contributed by atoms with van der Waals surface area (Å²) in [5.41, 5.74) is 4.33. The first kappa shape index (κ1) is 16.2. The van der Waals surface area contributed by atoms with Gasteiger partial charge in [0.15, 0.2) is 0 Å². The summed E-state index contributed by atoms with van der Waals surface area (Å²) in [6.45, 7) is 2.26. The van der Waals surface area contributed by atoms with Crippen molar-refractivity contribution >= 4 is 48.3 Å². The summed E-state index contributed by atoms with van der Waals surface area (Å²) in [5.74, 6) is 1.21. The predicted octanol–water partition coefficient (Wildman–Crippen LogP) is 5.24. The van der Waals surface area contributed by atoms with E-state index >= 15 is 0 Å². The summed E-state index contributed by atoms with van der Waals surface area (Å²) < 4.78 is 1.47. The molecule has 1 heterocycles. The first-order valence-corrected chi connectivity index (χ1v) is 10.9. The number of unbranched alkanes of at least 4 members (excludes halogenated alkanes) is 1. The molecule has 0 aliphatic carbocycles. The molecule has 0 radical (unpaired) electrons. The molecular weight excluding hydrogens is 323 g/mol. The standard InChI is InChI=1S/C19H21PS2/c1-3-4-13-22-19(21-2)18-14-9-5-7-11-16(14)20-17-12-8-6-10-15(17)18/h5-12,20H,3-4,13H2,1-2H3. The van der Waals surface area contributed by atoms with Crippen molar-refractivity contribution in [3.8, 4) is 0 Å². The highest BCUT2D eigenvalue weighted by Gasteiger charge is 2.22. The summed E-state index contributed by atoms with van der Waals surface area (Å²) in [5, 5.41) is 2.97. The highest BCUT2D eigenvalue weighted by molar-refractivity contribution is 8.22. The molecule has 1 aliphatic rings. The summed E-state index contributed by atoms with van der Waals surface area (Å²) in [6, 6.07) is 17.9. The molecular formula is C19H21PS2. The van der Waals surface area contributed by atoms with E-state index in [0.29, 0.717) is 0 Å². The van der Waals surface area contributed by atoms with E-state index in [4.69, 9.17) is 0 Å². The van der Waals surface area contributed by atoms with E-state index in [0.717, 1.165) is 8.58 Å². The summed E-state index contributed by atoms with van der Waals surface area (Å²) in [4.78, 5) is 0. The molecule has 114 valence electrons. The topological polar surface area (TPSA) is 0 Å². The van der Waals surface area contributed by atoms with Gasteiger partial charge in [0.25, 0.3) is 0 Å². The second-order valence-corrected chi connectivity index (χ2v) is 8.79. The maximum absolute atomic E-state index is 2.30. The molecule has 0 N–H and O–H groups in total. The third-order valence-corrected chi connectivity index (χ3v) is 7.58. The largest absolute Gasteiger partial charge is 0.122 e. The molecule has 0 fully saturated rings. The van der Waals surface area contributed by atoms with Crippen LogP contribution in [0.1, 0.15) is 30.9 Å². The lowest BCUT2D eigenvalue weighted by atomic mass is 9.99. The van der Waals surface area contributed by atoms with Crippen LogP contribution in [0, 0.1) is 0 Å². The maximum atomic E-state index is 2.30. The van der Waals surface area contributed by atoms with Gasteiger partial charge < -0.3 is 0 Å². The van der Waals surface area contributed by atoms with E-state index in [9.17, 15) is 0 Å². The van der Waals surface area contributed by atoms with Crippen LogP contribution < -0.4 is 10.6 Å². The molecule has 22 heavy (non-hydrogen) atoms. The van der Waals surface area contributed by atoms with Crippen LogP contribution in [0.15, 0.2) is 52.8 Å². The van der Waals surface area contributed by atoms with Gasteiger partial charge in [-0.3, -0.25) is 0 Å². The Kier molecular flexibility index (Phi) is 5.68. The Morgan fingerprint density at radius 3 is 2.09 bits per heavy atom. The molecule has 3 rings (SSSR count). The molecule has 0 aromatic heterocycles. The van der Waals surface area contributed by atoms with Crippen LogP contribution in [-0.2, 0) is 0 Å². The molecule has 1 aliphatic heterocycles. The average Bonchev–Trinajstić information content (AvgIpc) is 2.57. The van der Waals surface area contributed by atoms with Crippen molar-refractivity contribution in [3.63, 3.8) is 0 Å². The third-order valence-electron chi connectivity index (χ3n) is 3.78. The molecule has 0 nitrogen and oxygen atoms in total. The van der Waals surface area contributed by atoms with Gasteiger partial charge in [0.1, 0.15) is 0 Å². The highest BCUT2D eigenvalue weighted by atomic mass is 32.2. The summed E-state index contributed by atoms with van der Waals surface area (Å²) >= 11 is 3.93. The van der Waals surface area contributed by atoms with Crippen molar-refractivity contribution in [3.05, 3.63) is 63.9 Å². The monoisotopic (exact) mass is 344 g/mol. The third kappa shape index (κ3) is 3.30. The minimum absolute atomic E-state index is 0.774. The van der Waals surface area contributed by atoms with Crippen LogP contribution in [0.2, 0.25) is 0 Å². The van der Waals surface area contributed by atoms with Gasteiger partial charge in [-0.25, -0.2) is 0 Å². The fourth-order valence-electron chi connectivity index (χ4n) is 2.67. The Morgan fingerprint density at radius 2 is 1.55 bits per heavy atom. The molecule has 0 saturated carbocycles. The van der Waals surface area contributed by atoms with Gasteiger partial charge in [-0.1, -0.05) is 70.5 Å². The van der Waals surface area contributed by atoms with Crippen molar-refractivity contribution < 1.29 is 0 Å². The lowest BCUT2D eigenvalue weighted by Gasteiger charge is -2.24. The first-order chi connectivity index (χ1) is 10.8. The van der Waals surface area contributed by atoms with Gasteiger partial charge in [0.05, 0.1) is 0 Å². The molecule has 0 unspecified atom stereocenters. The van der Waals surface area contributed by atoms with Crippen molar-refractivity contribution in [1.82, 2.24) is 0 Å². The smallest absolute Gasteiger partial charge is 0.0483 e. The van der Waals surface area contributed by atoms with Crippen molar-refractivity contribution in [1.29, 1.82) is 0 Å². The summed E-state index contributed by atoms with van der Waals surface area (Å²) in [6.07, 6.45) is 4.76. The second kappa shape index (κ2) is 7.73. The highest BCUT2D eigenvalue weighted by Crippen LogP contribution is 2.42. The fourth-order valence-corrected chi connectivity index (χ4v) is 6.14. The van der Waals surface area contributed by atoms with Crippen LogP contribution >= 0.6 is 32.1 Å². The Labute approximate surface area is 144 Å². The quantitative estimate of drug-likeness (QED) is 0.458. The van der Waals surface area contributed by atoms with E-state index < -0.39 is 0 Å². The van der Waals surface area contributed by atoms with Crippen molar-refractivity contribution in [2.75, 3.05) is 12.0 Å². The number of hydrogen-bond acceptors (Lipinski definition) is 2. The van der Waals surface area contributed by atoms with Gasteiger partial charge in [0, 0.05) is 9.81 Å². The number of thioether (sulfide) groups is 2. The number of fused-ring (bicyclic) bond motifs is 2. The molecule has 2 aromatic rings. The minimum Gasteiger partial charge on any atom is -0.122 e. The zero-order valence-electron chi connectivity index (χ0n) is 13.1. The lowest BCUT2D eigenvalue weighted by molar-refractivity contribution is 0.897. The van der Waals surface area contributed by atoms with Gasteiger partial charge in [-0.05, 0) is 40.2 Å². The van der Waals surface area contributed by atoms with Crippen molar-refractivity contribution in [2.24, 2.45) is 0 Å². The molecule has 0 saturated heterocycles. The SMILES string of the molecule is CCCCSC(SC)=C1c2ccccc2Pc2ccccc21. The Hall–Kier alpha value is -0.690. The average molecular weight is 344 g/mol. The lowest BCUT2D eigenvalue weighted by Crippen LogP contribution is -2.19. The predicted molar refractivity (Wildman–Crippen MR) is 107 cm³/mol. The van der Waals surface area contributed by atoms with Gasteiger partial charge in [-0.2, -0.15) is 0 Å². The second-order valence-electron chi connectivity index (χ2n) is 5.28. The van der Waals surface area contributed by atoms with Gasteiger partial charge in [-0.15, -0.1) is 23.5 Å². The number of hydrogen-bond donors (Lipinski definition) is 0.